The van der Waals surface area contributed by atoms with Crippen molar-refractivity contribution in [1.82, 2.24) is 4.57 Å². The van der Waals surface area contributed by atoms with Crippen LogP contribution >= 0.6 is 0 Å². The molecule has 0 fully saturated rings. The molecule has 0 saturated carbocycles. The summed E-state index contributed by atoms with van der Waals surface area (Å²) in [4.78, 5) is 0. The molecule has 0 radical (unpaired) electrons. The molecule has 0 N–H and O–H groups in total. The zero-order valence-electron chi connectivity index (χ0n) is 27.0. The molecule has 1 aromatic heterocycles. The molecule has 0 spiro atoms. The number of aromatic nitrogens is 1. The summed E-state index contributed by atoms with van der Waals surface area (Å²) in [6, 6.07) is 64.8. The summed E-state index contributed by atoms with van der Waals surface area (Å²) >= 11 is 0. The lowest BCUT2D eigenvalue weighted by molar-refractivity contribution is 1.18. The number of nitriles is 3. The number of hydrogen-bond acceptors (Lipinski definition) is 3. The average Bonchev–Trinajstić information content (AvgIpc) is 3.53. The normalized spacial score (nSPS) is 11.1. The standard InChI is InChI=1S/C45H28N4Si/c46-29-32-20-25-44-42(26-32)40-18-10-11-19-43(40)49(44)36-24-23-34(30-47)41(28-36)33-21-22-35(31-48)45(27-33)50(37-12-4-1-5-13-37,38-14-6-2-7-15-38)39-16-8-3-9-17-39/h1-28H. The molecule has 0 unspecified atom stereocenters. The van der Waals surface area contributed by atoms with E-state index in [1.54, 1.807) is 0 Å². The maximum Gasteiger partial charge on any atom is 0.180 e. The van der Waals surface area contributed by atoms with Crippen molar-refractivity contribution in [2.45, 2.75) is 0 Å². The van der Waals surface area contributed by atoms with Crippen molar-refractivity contribution >= 4 is 50.6 Å². The van der Waals surface area contributed by atoms with E-state index in [1.165, 1.54) is 15.6 Å². The highest BCUT2D eigenvalue weighted by molar-refractivity contribution is 7.20. The summed E-state index contributed by atoms with van der Waals surface area (Å²) in [5.74, 6) is 0. The molecular formula is C45H28N4Si. The van der Waals surface area contributed by atoms with Crippen molar-refractivity contribution < 1.29 is 0 Å². The molecule has 0 aliphatic carbocycles. The summed E-state index contributed by atoms with van der Waals surface area (Å²) in [5, 5.41) is 37.3. The molecule has 8 rings (SSSR count). The number of nitrogens with zero attached hydrogens (tertiary/aromatic N) is 4. The van der Waals surface area contributed by atoms with Gasteiger partial charge in [0.2, 0.25) is 0 Å². The lowest BCUT2D eigenvalue weighted by Gasteiger charge is -2.35. The first-order valence-electron chi connectivity index (χ1n) is 16.4. The molecule has 0 atom stereocenters. The van der Waals surface area contributed by atoms with Crippen molar-refractivity contribution in [3.8, 4) is 35.0 Å². The lowest BCUT2D eigenvalue weighted by atomic mass is 9.98. The first-order chi connectivity index (χ1) is 24.7. The predicted molar refractivity (Wildman–Crippen MR) is 204 cm³/mol. The SMILES string of the molecule is N#Cc1ccc2c(c1)c1ccccc1n2-c1ccc(C#N)c(-c2ccc(C#N)c([Si](c3ccccc3)(c3ccccc3)c3ccccc3)c2)c1. The molecule has 8 aromatic rings. The van der Waals surface area contributed by atoms with Crippen molar-refractivity contribution in [3.05, 3.63) is 187 Å². The van der Waals surface area contributed by atoms with Crippen molar-refractivity contribution in [3.63, 3.8) is 0 Å². The van der Waals surface area contributed by atoms with Crippen LogP contribution in [0.15, 0.2) is 170 Å². The Hall–Kier alpha value is -6.97. The molecule has 0 saturated heterocycles. The largest absolute Gasteiger partial charge is 0.309 e. The van der Waals surface area contributed by atoms with Crippen LogP contribution in [0.4, 0.5) is 0 Å². The molecule has 0 amide bonds. The number of para-hydroxylation sites is 1. The fourth-order valence-electron chi connectivity index (χ4n) is 7.48. The van der Waals surface area contributed by atoms with E-state index in [2.05, 4.69) is 120 Å². The van der Waals surface area contributed by atoms with E-state index in [9.17, 15) is 15.8 Å². The van der Waals surface area contributed by atoms with E-state index in [1.807, 2.05) is 72.8 Å². The molecule has 50 heavy (non-hydrogen) atoms. The summed E-state index contributed by atoms with van der Waals surface area (Å²) < 4.78 is 2.19. The van der Waals surface area contributed by atoms with Gasteiger partial charge in [0.25, 0.3) is 0 Å². The molecule has 0 bridgehead atoms. The van der Waals surface area contributed by atoms with E-state index < -0.39 is 8.07 Å². The van der Waals surface area contributed by atoms with Crippen LogP contribution in [-0.2, 0) is 0 Å². The summed E-state index contributed by atoms with van der Waals surface area (Å²) in [5.41, 5.74) is 6.30. The monoisotopic (exact) mass is 652 g/mol. The van der Waals surface area contributed by atoms with Gasteiger partial charge in [-0.25, -0.2) is 0 Å². The van der Waals surface area contributed by atoms with Crippen LogP contribution in [0.25, 0.3) is 38.6 Å². The molecule has 0 aliphatic heterocycles. The van der Waals surface area contributed by atoms with Crippen LogP contribution in [-0.4, -0.2) is 12.6 Å². The van der Waals surface area contributed by atoms with Gasteiger partial charge in [-0.1, -0.05) is 121 Å². The minimum Gasteiger partial charge on any atom is -0.309 e. The van der Waals surface area contributed by atoms with Gasteiger partial charge >= 0.3 is 0 Å². The molecule has 0 aliphatic rings. The Morgan fingerprint density at radius 2 is 1.00 bits per heavy atom. The first-order valence-corrected chi connectivity index (χ1v) is 18.4. The first kappa shape index (κ1) is 30.4. The minimum atomic E-state index is -3.04. The Morgan fingerprint density at radius 1 is 0.440 bits per heavy atom. The zero-order chi connectivity index (χ0) is 34.1. The second-order valence-electron chi connectivity index (χ2n) is 12.3. The Kier molecular flexibility index (Phi) is 7.63. The topological polar surface area (TPSA) is 76.3 Å². The number of benzene rings is 7. The Morgan fingerprint density at radius 3 is 1.60 bits per heavy atom. The van der Waals surface area contributed by atoms with Crippen molar-refractivity contribution in [2.75, 3.05) is 0 Å². The smallest absolute Gasteiger partial charge is 0.180 e. The van der Waals surface area contributed by atoms with Crippen LogP contribution in [0.2, 0.25) is 0 Å². The van der Waals surface area contributed by atoms with E-state index >= 15 is 0 Å². The van der Waals surface area contributed by atoms with Gasteiger partial charge < -0.3 is 4.57 Å². The maximum atomic E-state index is 10.7. The van der Waals surface area contributed by atoms with E-state index in [0.29, 0.717) is 16.7 Å². The number of hydrogen-bond donors (Lipinski definition) is 0. The van der Waals surface area contributed by atoms with E-state index in [-0.39, 0.29) is 0 Å². The van der Waals surface area contributed by atoms with E-state index in [4.69, 9.17) is 0 Å². The molecule has 5 heteroatoms. The molecular weight excluding hydrogens is 625 g/mol. The third-order valence-electron chi connectivity index (χ3n) is 9.66. The lowest BCUT2D eigenvalue weighted by Crippen LogP contribution is -2.75. The summed E-state index contributed by atoms with van der Waals surface area (Å²) in [7, 11) is -3.04. The van der Waals surface area contributed by atoms with Crippen LogP contribution in [0.3, 0.4) is 0 Å². The van der Waals surface area contributed by atoms with Crippen molar-refractivity contribution in [2.24, 2.45) is 0 Å². The van der Waals surface area contributed by atoms with Crippen LogP contribution in [0.5, 0.6) is 0 Å². The molecule has 232 valence electrons. The minimum absolute atomic E-state index is 0.545. The third-order valence-corrected chi connectivity index (χ3v) is 14.5. The highest BCUT2D eigenvalue weighted by atomic mass is 28.3. The average molecular weight is 653 g/mol. The van der Waals surface area contributed by atoms with Gasteiger partial charge in [-0.2, -0.15) is 15.8 Å². The van der Waals surface area contributed by atoms with E-state index in [0.717, 1.165) is 43.8 Å². The second-order valence-corrected chi connectivity index (χ2v) is 16.0. The quantitative estimate of drug-likeness (QED) is 0.138. The summed E-state index contributed by atoms with van der Waals surface area (Å²) in [6.07, 6.45) is 0. The Labute approximate surface area is 291 Å². The summed E-state index contributed by atoms with van der Waals surface area (Å²) in [6.45, 7) is 0. The van der Waals surface area contributed by atoms with Gasteiger partial charge in [0, 0.05) is 22.0 Å². The van der Waals surface area contributed by atoms with Crippen molar-refractivity contribution in [1.29, 1.82) is 15.8 Å². The van der Waals surface area contributed by atoms with Crippen LogP contribution < -0.4 is 20.7 Å². The highest BCUT2D eigenvalue weighted by Gasteiger charge is 2.43. The van der Waals surface area contributed by atoms with Gasteiger partial charge in [-0.15, -0.1) is 0 Å². The van der Waals surface area contributed by atoms with Crippen LogP contribution in [0.1, 0.15) is 16.7 Å². The van der Waals surface area contributed by atoms with Gasteiger partial charge in [0.1, 0.15) is 0 Å². The number of fused-ring (bicyclic) bond motifs is 3. The number of rotatable bonds is 6. The third kappa shape index (κ3) is 4.80. The van der Waals surface area contributed by atoms with Gasteiger partial charge in [-0.05, 0) is 74.8 Å². The zero-order valence-corrected chi connectivity index (χ0v) is 28.0. The van der Waals surface area contributed by atoms with Gasteiger partial charge in [-0.3, -0.25) is 0 Å². The fourth-order valence-corrected chi connectivity index (χ4v) is 12.4. The van der Waals surface area contributed by atoms with Crippen LogP contribution in [0, 0.1) is 34.0 Å². The Bertz CT molecular complexity index is 2580. The fraction of sp³-hybridized carbons (Fsp3) is 0. The second kappa shape index (κ2) is 12.6. The molecule has 4 nitrogen and oxygen atoms in total. The maximum absolute atomic E-state index is 10.7. The molecule has 7 aromatic carbocycles. The van der Waals surface area contributed by atoms with Gasteiger partial charge in [0.05, 0.1) is 45.9 Å². The highest BCUT2D eigenvalue weighted by Crippen LogP contribution is 2.35. The molecule has 1 heterocycles. The predicted octanol–water partition coefficient (Wildman–Crippen LogP) is 7.44. The Balaban J connectivity index is 1.42. The van der Waals surface area contributed by atoms with Gasteiger partial charge in [0.15, 0.2) is 8.07 Å².